The zero-order valence-corrected chi connectivity index (χ0v) is 8.61. The van der Waals surface area contributed by atoms with E-state index in [0.29, 0.717) is 5.56 Å². The number of non-ortho nitro benzene ring substituents is 1. The average Bonchev–Trinajstić information content (AvgIpc) is 2.18. The van der Waals surface area contributed by atoms with Crippen molar-refractivity contribution in [2.24, 2.45) is 11.6 Å². The van der Waals surface area contributed by atoms with E-state index in [1.54, 1.807) is 12.1 Å². The highest BCUT2D eigenvalue weighted by atomic mass is 32.1. The van der Waals surface area contributed by atoms with Gasteiger partial charge in [-0.15, -0.1) is 0 Å². The van der Waals surface area contributed by atoms with Crippen molar-refractivity contribution < 1.29 is 4.92 Å². The quantitative estimate of drug-likeness (QED) is 0.337. The largest absolute Gasteiger partial charge is 0.375 e. The highest BCUT2D eigenvalue weighted by Crippen LogP contribution is 2.13. The summed E-state index contributed by atoms with van der Waals surface area (Å²) in [6, 6.07) is 6.13. The first-order valence-electron chi connectivity index (χ1n) is 4.05. The van der Waals surface area contributed by atoms with Crippen LogP contribution in [0, 0.1) is 10.1 Å². The second-order valence-corrected chi connectivity index (χ2v) is 3.31. The standard InChI is InChI=1S/C8H10N4O2S/c9-8(15)11(10)5-6-2-1-3-7(4-6)12(13)14/h1-4H,5,10H2,(H2,9,15). The number of hydrazine groups is 1. The summed E-state index contributed by atoms with van der Waals surface area (Å²) in [7, 11) is 0. The molecule has 1 rings (SSSR count). The van der Waals surface area contributed by atoms with Crippen molar-refractivity contribution in [3.63, 3.8) is 0 Å². The van der Waals surface area contributed by atoms with E-state index >= 15 is 0 Å². The maximum atomic E-state index is 10.5. The molecule has 1 aromatic carbocycles. The minimum absolute atomic E-state index is 0.0174. The second kappa shape index (κ2) is 4.67. The van der Waals surface area contributed by atoms with Gasteiger partial charge in [-0.2, -0.15) is 0 Å². The number of nitro benzene ring substituents is 1. The Morgan fingerprint density at radius 1 is 1.60 bits per heavy atom. The van der Waals surface area contributed by atoms with Crippen LogP contribution in [0.2, 0.25) is 0 Å². The molecular formula is C8H10N4O2S. The predicted octanol–water partition coefficient (Wildman–Crippen LogP) is 0.514. The monoisotopic (exact) mass is 226 g/mol. The molecule has 0 spiro atoms. The molecule has 0 unspecified atom stereocenters. The number of hydrogen-bond acceptors (Lipinski definition) is 4. The molecule has 0 saturated carbocycles. The Kier molecular flexibility index (Phi) is 3.53. The number of nitrogens with two attached hydrogens (primary N) is 2. The van der Waals surface area contributed by atoms with E-state index in [2.05, 4.69) is 12.2 Å². The number of thiocarbonyl (C=S) groups is 1. The van der Waals surface area contributed by atoms with Gasteiger partial charge in [0.1, 0.15) is 0 Å². The topological polar surface area (TPSA) is 98.4 Å². The molecule has 0 aliphatic heterocycles. The number of nitro groups is 1. The van der Waals surface area contributed by atoms with Crippen molar-refractivity contribution in [1.82, 2.24) is 5.01 Å². The third kappa shape index (κ3) is 3.15. The zero-order valence-electron chi connectivity index (χ0n) is 7.79. The molecule has 0 aromatic heterocycles. The van der Waals surface area contributed by atoms with Crippen molar-refractivity contribution in [2.45, 2.75) is 6.54 Å². The average molecular weight is 226 g/mol. The summed E-state index contributed by atoms with van der Waals surface area (Å²) in [5, 5.41) is 11.7. The Morgan fingerprint density at radius 2 is 2.27 bits per heavy atom. The molecule has 1 aromatic rings. The van der Waals surface area contributed by atoms with Gasteiger partial charge in [0.05, 0.1) is 11.5 Å². The molecule has 0 aliphatic carbocycles. The van der Waals surface area contributed by atoms with Crippen LogP contribution in [-0.2, 0) is 6.54 Å². The van der Waals surface area contributed by atoms with E-state index in [1.165, 1.54) is 12.1 Å². The van der Waals surface area contributed by atoms with Gasteiger partial charge in [0.15, 0.2) is 5.11 Å². The maximum Gasteiger partial charge on any atom is 0.269 e. The van der Waals surface area contributed by atoms with Crippen LogP contribution in [0.4, 0.5) is 5.69 Å². The molecule has 0 heterocycles. The van der Waals surface area contributed by atoms with Crippen LogP contribution in [0.3, 0.4) is 0 Å². The molecule has 0 saturated heterocycles. The van der Waals surface area contributed by atoms with E-state index in [4.69, 9.17) is 11.6 Å². The summed E-state index contributed by atoms with van der Waals surface area (Å²) in [5.41, 5.74) is 5.98. The molecule has 80 valence electrons. The fraction of sp³-hybridized carbons (Fsp3) is 0.125. The number of nitrogens with zero attached hydrogens (tertiary/aromatic N) is 2. The van der Waals surface area contributed by atoms with Gasteiger partial charge >= 0.3 is 0 Å². The minimum Gasteiger partial charge on any atom is -0.375 e. The maximum absolute atomic E-state index is 10.5. The lowest BCUT2D eigenvalue weighted by atomic mass is 10.2. The van der Waals surface area contributed by atoms with E-state index in [9.17, 15) is 10.1 Å². The first-order chi connectivity index (χ1) is 7.00. The zero-order chi connectivity index (χ0) is 11.4. The molecule has 0 amide bonds. The normalized spacial score (nSPS) is 9.67. The van der Waals surface area contributed by atoms with Crippen LogP contribution in [0.5, 0.6) is 0 Å². The molecule has 0 fully saturated rings. The second-order valence-electron chi connectivity index (χ2n) is 2.89. The van der Waals surface area contributed by atoms with E-state index in [-0.39, 0.29) is 17.3 Å². The van der Waals surface area contributed by atoms with Crippen molar-refractivity contribution in [1.29, 1.82) is 0 Å². The van der Waals surface area contributed by atoms with E-state index in [1.807, 2.05) is 0 Å². The Bertz CT molecular complexity index is 396. The van der Waals surface area contributed by atoms with Gasteiger partial charge in [-0.05, 0) is 17.8 Å². The Hall–Kier alpha value is -1.73. The van der Waals surface area contributed by atoms with Gasteiger partial charge in [-0.1, -0.05) is 12.1 Å². The first kappa shape index (κ1) is 11.3. The molecule has 6 nitrogen and oxygen atoms in total. The lowest BCUT2D eigenvalue weighted by Gasteiger charge is -2.15. The lowest BCUT2D eigenvalue weighted by Crippen LogP contribution is -2.40. The van der Waals surface area contributed by atoms with Crippen LogP contribution >= 0.6 is 12.2 Å². The highest BCUT2D eigenvalue weighted by Gasteiger charge is 2.07. The Morgan fingerprint density at radius 3 is 2.80 bits per heavy atom. The SMILES string of the molecule is NC(=S)N(N)Cc1cccc([N+](=O)[O-])c1. The predicted molar refractivity (Wildman–Crippen MR) is 59.6 cm³/mol. The Balaban J connectivity index is 2.82. The summed E-state index contributed by atoms with van der Waals surface area (Å²) in [6.45, 7) is 0.247. The molecule has 0 aliphatic rings. The van der Waals surface area contributed by atoms with Crippen molar-refractivity contribution >= 4 is 23.0 Å². The molecule has 0 bridgehead atoms. The molecular weight excluding hydrogens is 216 g/mol. The van der Waals surface area contributed by atoms with Crippen LogP contribution in [0.15, 0.2) is 24.3 Å². The van der Waals surface area contributed by atoms with Crippen LogP contribution in [-0.4, -0.2) is 15.0 Å². The Labute approximate surface area is 91.6 Å². The fourth-order valence-electron chi connectivity index (χ4n) is 1.04. The molecule has 0 radical (unpaired) electrons. The summed E-state index contributed by atoms with van der Waals surface area (Å²) >= 11 is 4.65. The van der Waals surface area contributed by atoms with Gasteiger partial charge in [-0.25, -0.2) is 5.84 Å². The third-order valence-electron chi connectivity index (χ3n) is 1.76. The van der Waals surface area contributed by atoms with Crippen molar-refractivity contribution in [2.75, 3.05) is 0 Å². The summed E-state index contributed by atoms with van der Waals surface area (Å²) in [6.07, 6.45) is 0. The van der Waals surface area contributed by atoms with Crippen LogP contribution in [0.25, 0.3) is 0 Å². The van der Waals surface area contributed by atoms with Gasteiger partial charge in [0, 0.05) is 12.1 Å². The van der Waals surface area contributed by atoms with Crippen molar-refractivity contribution in [3.8, 4) is 0 Å². The summed E-state index contributed by atoms with van der Waals surface area (Å²) in [5.74, 6) is 5.47. The molecule has 15 heavy (non-hydrogen) atoms. The molecule has 7 heteroatoms. The van der Waals surface area contributed by atoms with E-state index in [0.717, 1.165) is 5.01 Å². The van der Waals surface area contributed by atoms with Crippen molar-refractivity contribution in [3.05, 3.63) is 39.9 Å². The summed E-state index contributed by atoms with van der Waals surface area (Å²) in [4.78, 5) is 10.0. The lowest BCUT2D eigenvalue weighted by molar-refractivity contribution is -0.384. The number of benzene rings is 1. The van der Waals surface area contributed by atoms with Gasteiger partial charge < -0.3 is 5.73 Å². The van der Waals surface area contributed by atoms with Gasteiger partial charge in [0.2, 0.25) is 0 Å². The van der Waals surface area contributed by atoms with Crippen LogP contribution < -0.4 is 11.6 Å². The number of rotatable bonds is 3. The van der Waals surface area contributed by atoms with Crippen LogP contribution in [0.1, 0.15) is 5.56 Å². The minimum atomic E-state index is -0.467. The molecule has 0 atom stereocenters. The molecule has 4 N–H and O–H groups in total. The third-order valence-corrected chi connectivity index (χ3v) is 1.99. The van der Waals surface area contributed by atoms with E-state index < -0.39 is 4.92 Å². The summed E-state index contributed by atoms with van der Waals surface area (Å²) < 4.78 is 0. The van der Waals surface area contributed by atoms with Gasteiger partial charge in [0.25, 0.3) is 5.69 Å². The fourth-order valence-corrected chi connectivity index (χ4v) is 1.11. The highest BCUT2D eigenvalue weighted by molar-refractivity contribution is 7.80. The number of hydrogen-bond donors (Lipinski definition) is 2. The first-order valence-corrected chi connectivity index (χ1v) is 4.46. The van der Waals surface area contributed by atoms with Gasteiger partial charge in [-0.3, -0.25) is 15.1 Å². The smallest absolute Gasteiger partial charge is 0.269 e.